The Morgan fingerprint density at radius 1 is 1.33 bits per heavy atom. The van der Waals surface area contributed by atoms with Crippen LogP contribution in [0.5, 0.6) is 0 Å². The molecule has 0 aliphatic rings. The monoisotopic (exact) mass is 349 g/mol. The van der Waals surface area contributed by atoms with Crippen molar-refractivity contribution in [2.24, 2.45) is 0 Å². The molecule has 1 aromatic carbocycles. The zero-order valence-electron chi connectivity index (χ0n) is 7.54. The molecular weight excluding hydrogens is 341 g/mol. The van der Waals surface area contributed by atoms with Gasteiger partial charge in [0.2, 0.25) is 0 Å². The van der Waals surface area contributed by atoms with E-state index < -0.39 is 12.6 Å². The van der Waals surface area contributed by atoms with Crippen LogP contribution < -0.4 is 5.32 Å². The molecule has 0 saturated heterocycles. The molecule has 84 valence electrons. The minimum absolute atomic E-state index is 0.124. The quantitative estimate of drug-likeness (QED) is 0.802. The van der Waals surface area contributed by atoms with Crippen molar-refractivity contribution in [2.75, 3.05) is 11.9 Å². The molecule has 0 fully saturated rings. The maximum Gasteiger partial charge on any atom is 0.390 e. The Morgan fingerprint density at radius 2 is 2.00 bits per heavy atom. The van der Waals surface area contributed by atoms with Crippen LogP contribution in [-0.2, 0) is 0 Å². The Kier molecular flexibility index (Phi) is 4.51. The molecular formula is C9H8ClF3IN. The molecule has 0 aliphatic heterocycles. The fourth-order valence-electron chi connectivity index (χ4n) is 0.972. The second-order valence-corrected chi connectivity index (χ2v) is 4.51. The molecule has 0 amide bonds. The van der Waals surface area contributed by atoms with Gasteiger partial charge in [-0.3, -0.25) is 0 Å². The average Bonchev–Trinajstić information content (AvgIpc) is 2.07. The summed E-state index contributed by atoms with van der Waals surface area (Å²) >= 11 is 7.73. The fraction of sp³-hybridized carbons (Fsp3) is 0.333. The Morgan fingerprint density at radius 3 is 2.53 bits per heavy atom. The molecule has 0 aromatic heterocycles. The first-order chi connectivity index (χ1) is 6.88. The van der Waals surface area contributed by atoms with Crippen molar-refractivity contribution >= 4 is 39.9 Å². The molecule has 0 heterocycles. The van der Waals surface area contributed by atoms with E-state index in [1.165, 1.54) is 0 Å². The Bertz CT molecular complexity index is 341. The Hall–Kier alpha value is -0.170. The third-order valence-corrected chi connectivity index (χ3v) is 2.78. The molecule has 0 radical (unpaired) electrons. The van der Waals surface area contributed by atoms with Gasteiger partial charge < -0.3 is 5.32 Å². The van der Waals surface area contributed by atoms with Crippen LogP contribution in [0.4, 0.5) is 18.9 Å². The maximum absolute atomic E-state index is 11.9. The highest BCUT2D eigenvalue weighted by molar-refractivity contribution is 14.1. The minimum atomic E-state index is -4.12. The van der Waals surface area contributed by atoms with Gasteiger partial charge in [0.25, 0.3) is 0 Å². The number of hydrogen-bond acceptors (Lipinski definition) is 1. The average molecular weight is 350 g/mol. The smallest absolute Gasteiger partial charge is 0.384 e. The first-order valence-electron chi connectivity index (χ1n) is 4.14. The second-order valence-electron chi connectivity index (χ2n) is 2.92. The van der Waals surface area contributed by atoms with E-state index in [0.717, 1.165) is 3.57 Å². The van der Waals surface area contributed by atoms with Crippen LogP contribution in [0.1, 0.15) is 6.42 Å². The van der Waals surface area contributed by atoms with Gasteiger partial charge in [-0.2, -0.15) is 13.2 Å². The van der Waals surface area contributed by atoms with Gasteiger partial charge in [-0.25, -0.2) is 0 Å². The summed E-state index contributed by atoms with van der Waals surface area (Å²) in [6.07, 6.45) is -4.96. The van der Waals surface area contributed by atoms with Gasteiger partial charge in [0.05, 0.1) is 6.42 Å². The summed E-state index contributed by atoms with van der Waals surface area (Å²) in [5.41, 5.74) is 0.671. The van der Waals surface area contributed by atoms with Gasteiger partial charge in [0, 0.05) is 20.8 Å². The van der Waals surface area contributed by atoms with Crippen LogP contribution in [0.2, 0.25) is 5.02 Å². The molecule has 15 heavy (non-hydrogen) atoms. The lowest BCUT2D eigenvalue weighted by molar-refractivity contribution is -0.131. The van der Waals surface area contributed by atoms with Gasteiger partial charge in [-0.1, -0.05) is 11.6 Å². The normalized spacial score (nSPS) is 11.5. The summed E-state index contributed by atoms with van der Waals surface area (Å²) in [5, 5.41) is 3.28. The first kappa shape index (κ1) is 12.9. The highest BCUT2D eigenvalue weighted by Crippen LogP contribution is 2.24. The zero-order chi connectivity index (χ0) is 11.5. The van der Waals surface area contributed by atoms with E-state index in [2.05, 4.69) is 5.32 Å². The molecule has 1 rings (SSSR count). The standard InChI is InChI=1S/C9H8ClF3IN/c10-6-1-2-8(7(14)5-6)15-4-3-9(11,12)13/h1-2,5,15H,3-4H2. The molecule has 1 nitrogen and oxygen atoms in total. The minimum Gasteiger partial charge on any atom is -0.384 e. The first-order valence-corrected chi connectivity index (χ1v) is 5.60. The van der Waals surface area contributed by atoms with E-state index in [1.54, 1.807) is 18.2 Å². The zero-order valence-corrected chi connectivity index (χ0v) is 10.4. The molecule has 0 spiro atoms. The van der Waals surface area contributed by atoms with Crippen LogP contribution in [-0.4, -0.2) is 12.7 Å². The third kappa shape index (κ3) is 4.92. The molecule has 0 atom stereocenters. The predicted molar refractivity (Wildman–Crippen MR) is 63.3 cm³/mol. The van der Waals surface area contributed by atoms with Crippen LogP contribution in [0.15, 0.2) is 18.2 Å². The molecule has 0 aliphatic carbocycles. The van der Waals surface area contributed by atoms with Crippen molar-refractivity contribution in [3.63, 3.8) is 0 Å². The summed E-state index contributed by atoms with van der Waals surface area (Å²) in [5.74, 6) is 0. The number of alkyl halides is 3. The molecule has 0 bridgehead atoms. The molecule has 0 unspecified atom stereocenters. The lowest BCUT2D eigenvalue weighted by Gasteiger charge is -2.10. The van der Waals surface area contributed by atoms with Crippen molar-refractivity contribution in [3.8, 4) is 0 Å². The van der Waals surface area contributed by atoms with Gasteiger partial charge in [-0.15, -0.1) is 0 Å². The molecule has 1 N–H and O–H groups in total. The van der Waals surface area contributed by atoms with Gasteiger partial charge >= 0.3 is 6.18 Å². The lowest BCUT2D eigenvalue weighted by Crippen LogP contribution is -2.14. The largest absolute Gasteiger partial charge is 0.390 e. The van der Waals surface area contributed by atoms with Crippen molar-refractivity contribution in [2.45, 2.75) is 12.6 Å². The van der Waals surface area contributed by atoms with E-state index >= 15 is 0 Å². The molecule has 1 aromatic rings. The second kappa shape index (κ2) is 5.25. The molecule has 6 heteroatoms. The van der Waals surface area contributed by atoms with Gasteiger partial charge in [-0.05, 0) is 40.8 Å². The number of benzene rings is 1. The predicted octanol–water partition coefficient (Wildman–Crippen LogP) is 4.31. The number of rotatable bonds is 3. The number of anilines is 1. The van der Waals surface area contributed by atoms with E-state index in [9.17, 15) is 13.2 Å². The van der Waals surface area contributed by atoms with Crippen molar-refractivity contribution in [1.29, 1.82) is 0 Å². The molecule has 0 saturated carbocycles. The lowest BCUT2D eigenvalue weighted by atomic mass is 10.3. The topological polar surface area (TPSA) is 12.0 Å². The van der Waals surface area contributed by atoms with Crippen LogP contribution in [0.25, 0.3) is 0 Å². The Labute approximate surface area is 104 Å². The number of halogens is 5. The summed E-state index contributed by atoms with van der Waals surface area (Å²) < 4.78 is 36.4. The van der Waals surface area contributed by atoms with Gasteiger partial charge in [0.1, 0.15) is 0 Å². The van der Waals surface area contributed by atoms with Crippen molar-refractivity contribution in [3.05, 3.63) is 26.8 Å². The van der Waals surface area contributed by atoms with Crippen LogP contribution >= 0.6 is 34.2 Å². The number of hydrogen-bond donors (Lipinski definition) is 1. The summed E-state index contributed by atoms with van der Waals surface area (Å²) in [6.45, 7) is -0.124. The maximum atomic E-state index is 11.9. The fourth-order valence-corrected chi connectivity index (χ4v) is 2.03. The van der Waals surface area contributed by atoms with Crippen LogP contribution in [0, 0.1) is 3.57 Å². The van der Waals surface area contributed by atoms with E-state index in [-0.39, 0.29) is 6.54 Å². The number of nitrogens with one attached hydrogen (secondary N) is 1. The van der Waals surface area contributed by atoms with Crippen LogP contribution in [0.3, 0.4) is 0 Å². The van der Waals surface area contributed by atoms with E-state index in [0.29, 0.717) is 10.7 Å². The highest BCUT2D eigenvalue weighted by atomic mass is 127. The van der Waals surface area contributed by atoms with E-state index in [4.69, 9.17) is 11.6 Å². The van der Waals surface area contributed by atoms with Gasteiger partial charge in [0.15, 0.2) is 0 Å². The Balaban J connectivity index is 2.51. The third-order valence-electron chi connectivity index (χ3n) is 1.66. The van der Waals surface area contributed by atoms with E-state index in [1.807, 2.05) is 22.6 Å². The summed E-state index contributed by atoms with van der Waals surface area (Å²) in [6, 6.07) is 5.00. The van der Waals surface area contributed by atoms with Crippen molar-refractivity contribution in [1.82, 2.24) is 0 Å². The summed E-state index contributed by atoms with van der Waals surface area (Å²) in [4.78, 5) is 0. The highest BCUT2D eigenvalue weighted by Gasteiger charge is 2.26. The SMILES string of the molecule is FC(F)(F)CCNc1ccc(Cl)cc1I. The van der Waals surface area contributed by atoms with Crippen molar-refractivity contribution < 1.29 is 13.2 Å². The summed E-state index contributed by atoms with van der Waals surface area (Å²) in [7, 11) is 0.